The number of aryl methyl sites for hydroxylation is 1. The summed E-state index contributed by atoms with van der Waals surface area (Å²) in [6.07, 6.45) is 1.06. The molecule has 1 aromatic carbocycles. The van der Waals surface area contributed by atoms with Crippen molar-refractivity contribution in [2.75, 3.05) is 11.9 Å². The summed E-state index contributed by atoms with van der Waals surface area (Å²) in [6.45, 7) is 4.98. The van der Waals surface area contributed by atoms with Crippen LogP contribution in [0.2, 0.25) is 5.02 Å². The molecule has 0 spiro atoms. The summed E-state index contributed by atoms with van der Waals surface area (Å²) in [5.41, 5.74) is 3.10. The summed E-state index contributed by atoms with van der Waals surface area (Å²) < 4.78 is 0. The number of hydrogen-bond acceptors (Lipinski definition) is 3. The highest BCUT2D eigenvalue weighted by Crippen LogP contribution is 2.25. The van der Waals surface area contributed by atoms with Gasteiger partial charge in [-0.05, 0) is 37.1 Å². The maximum atomic E-state index is 5.90. The molecule has 1 aromatic heterocycles. The predicted octanol–water partition coefficient (Wildman–Crippen LogP) is 3.93. The highest BCUT2D eigenvalue weighted by molar-refractivity contribution is 6.30. The van der Waals surface area contributed by atoms with Gasteiger partial charge in [0.2, 0.25) is 0 Å². The Morgan fingerprint density at radius 1 is 1.17 bits per heavy atom. The van der Waals surface area contributed by atoms with Crippen LogP contribution in [0.4, 0.5) is 5.82 Å². The van der Waals surface area contributed by atoms with Crippen molar-refractivity contribution in [3.63, 3.8) is 0 Å². The third-order valence-electron chi connectivity index (χ3n) is 2.69. The number of benzene rings is 1. The van der Waals surface area contributed by atoms with Gasteiger partial charge in [-0.3, -0.25) is 0 Å². The number of hydrogen-bond donors (Lipinski definition) is 1. The van der Waals surface area contributed by atoms with Gasteiger partial charge in [0.05, 0.1) is 5.69 Å². The predicted molar refractivity (Wildman–Crippen MR) is 76.0 cm³/mol. The first kappa shape index (κ1) is 12.8. The van der Waals surface area contributed by atoms with Gasteiger partial charge in [0.15, 0.2) is 0 Å². The molecule has 0 atom stereocenters. The first-order valence-electron chi connectivity index (χ1n) is 6.05. The quantitative estimate of drug-likeness (QED) is 0.906. The van der Waals surface area contributed by atoms with Crippen molar-refractivity contribution < 1.29 is 0 Å². The maximum Gasteiger partial charge on any atom is 0.149 e. The fourth-order valence-electron chi connectivity index (χ4n) is 1.71. The Labute approximate surface area is 112 Å². The van der Waals surface area contributed by atoms with Crippen molar-refractivity contribution in [2.45, 2.75) is 20.3 Å². The lowest BCUT2D eigenvalue weighted by molar-refractivity contribution is 0.930. The molecule has 3 nitrogen and oxygen atoms in total. The number of anilines is 1. The van der Waals surface area contributed by atoms with E-state index in [9.17, 15) is 0 Å². The average molecular weight is 262 g/mol. The maximum absolute atomic E-state index is 5.90. The molecular weight excluding hydrogens is 246 g/mol. The minimum absolute atomic E-state index is 0.739. The van der Waals surface area contributed by atoms with Gasteiger partial charge in [0, 0.05) is 17.1 Å². The molecule has 94 valence electrons. The molecule has 0 radical (unpaired) electrons. The zero-order valence-corrected chi connectivity index (χ0v) is 11.3. The fraction of sp³-hybridized carbons (Fsp3) is 0.286. The molecule has 0 amide bonds. The van der Waals surface area contributed by atoms with E-state index in [1.54, 1.807) is 0 Å². The molecule has 2 rings (SSSR count). The second kappa shape index (κ2) is 5.83. The summed E-state index contributed by atoms with van der Waals surface area (Å²) in [6, 6.07) is 9.79. The molecule has 0 saturated carbocycles. The van der Waals surface area contributed by atoms with Gasteiger partial charge in [0.1, 0.15) is 5.82 Å². The van der Waals surface area contributed by atoms with E-state index in [4.69, 9.17) is 11.6 Å². The van der Waals surface area contributed by atoms with Gasteiger partial charge in [-0.15, -0.1) is 5.10 Å². The second-order valence-corrected chi connectivity index (χ2v) is 4.60. The summed E-state index contributed by atoms with van der Waals surface area (Å²) >= 11 is 5.90. The van der Waals surface area contributed by atoms with Gasteiger partial charge in [-0.2, -0.15) is 5.10 Å². The highest BCUT2D eigenvalue weighted by atomic mass is 35.5. The van der Waals surface area contributed by atoms with E-state index >= 15 is 0 Å². The number of nitrogens with one attached hydrogen (secondary N) is 1. The van der Waals surface area contributed by atoms with Gasteiger partial charge < -0.3 is 5.32 Å². The smallest absolute Gasteiger partial charge is 0.149 e. The van der Waals surface area contributed by atoms with Crippen molar-refractivity contribution >= 4 is 17.4 Å². The Hall–Kier alpha value is -1.61. The van der Waals surface area contributed by atoms with Crippen molar-refractivity contribution in [2.24, 2.45) is 0 Å². The molecule has 0 aliphatic heterocycles. The molecule has 0 bridgehead atoms. The summed E-state index contributed by atoms with van der Waals surface area (Å²) in [4.78, 5) is 0. The number of nitrogens with zero attached hydrogens (tertiary/aromatic N) is 2. The molecule has 0 aliphatic carbocycles. The third kappa shape index (κ3) is 2.99. The van der Waals surface area contributed by atoms with E-state index in [-0.39, 0.29) is 0 Å². The SMILES string of the molecule is CCCNc1cc(-c2ccc(Cl)cc2)c(C)nn1. The van der Waals surface area contributed by atoms with Crippen LogP contribution in [-0.2, 0) is 0 Å². The summed E-state index contributed by atoms with van der Waals surface area (Å²) in [5, 5.41) is 12.3. The first-order valence-corrected chi connectivity index (χ1v) is 6.42. The van der Waals surface area contributed by atoms with Crippen molar-refractivity contribution in [1.82, 2.24) is 10.2 Å². The molecule has 0 saturated heterocycles. The zero-order chi connectivity index (χ0) is 13.0. The molecular formula is C14H16ClN3. The van der Waals surface area contributed by atoms with E-state index in [1.165, 1.54) is 0 Å². The lowest BCUT2D eigenvalue weighted by Gasteiger charge is -2.08. The Morgan fingerprint density at radius 2 is 1.89 bits per heavy atom. The van der Waals surface area contributed by atoms with Crippen LogP contribution in [0.5, 0.6) is 0 Å². The number of halogens is 1. The molecule has 4 heteroatoms. The molecule has 0 aliphatic rings. The second-order valence-electron chi connectivity index (χ2n) is 4.16. The molecule has 0 fully saturated rings. The van der Waals surface area contributed by atoms with Crippen LogP contribution in [0.1, 0.15) is 19.0 Å². The topological polar surface area (TPSA) is 37.8 Å². The fourth-order valence-corrected chi connectivity index (χ4v) is 1.84. The minimum Gasteiger partial charge on any atom is -0.369 e. The largest absolute Gasteiger partial charge is 0.369 e. The van der Waals surface area contributed by atoms with Crippen molar-refractivity contribution in [3.8, 4) is 11.1 Å². The molecule has 2 aromatic rings. The van der Waals surface area contributed by atoms with Crippen LogP contribution < -0.4 is 5.32 Å². The lowest BCUT2D eigenvalue weighted by atomic mass is 10.1. The molecule has 1 N–H and O–H groups in total. The van der Waals surface area contributed by atoms with Gasteiger partial charge in [-0.25, -0.2) is 0 Å². The van der Waals surface area contributed by atoms with E-state index in [1.807, 2.05) is 37.3 Å². The van der Waals surface area contributed by atoms with Crippen LogP contribution in [0.3, 0.4) is 0 Å². The molecule has 0 unspecified atom stereocenters. The van der Waals surface area contributed by atoms with E-state index in [2.05, 4.69) is 22.4 Å². The van der Waals surface area contributed by atoms with Crippen molar-refractivity contribution in [1.29, 1.82) is 0 Å². The number of rotatable bonds is 4. The lowest BCUT2D eigenvalue weighted by Crippen LogP contribution is -2.04. The monoisotopic (exact) mass is 261 g/mol. The van der Waals surface area contributed by atoms with Gasteiger partial charge >= 0.3 is 0 Å². The highest BCUT2D eigenvalue weighted by Gasteiger charge is 2.05. The number of aromatic nitrogens is 2. The van der Waals surface area contributed by atoms with Gasteiger partial charge in [-0.1, -0.05) is 30.7 Å². The standard InChI is InChI=1S/C14H16ClN3/c1-3-8-16-14-9-13(10(2)17-18-14)11-4-6-12(15)7-5-11/h4-7,9H,3,8H2,1-2H3,(H,16,18). The van der Waals surface area contributed by atoms with E-state index < -0.39 is 0 Å². The first-order chi connectivity index (χ1) is 8.70. The van der Waals surface area contributed by atoms with E-state index in [0.717, 1.165) is 40.6 Å². The van der Waals surface area contributed by atoms with Crippen LogP contribution in [-0.4, -0.2) is 16.7 Å². The zero-order valence-electron chi connectivity index (χ0n) is 10.6. The normalized spacial score (nSPS) is 10.4. The Bertz CT molecular complexity index is 523. The van der Waals surface area contributed by atoms with E-state index in [0.29, 0.717) is 0 Å². The van der Waals surface area contributed by atoms with Crippen LogP contribution in [0, 0.1) is 6.92 Å². The molecule has 18 heavy (non-hydrogen) atoms. The van der Waals surface area contributed by atoms with Crippen LogP contribution >= 0.6 is 11.6 Å². The van der Waals surface area contributed by atoms with Crippen LogP contribution in [0.25, 0.3) is 11.1 Å². The third-order valence-corrected chi connectivity index (χ3v) is 2.94. The Balaban J connectivity index is 2.33. The van der Waals surface area contributed by atoms with Crippen LogP contribution in [0.15, 0.2) is 30.3 Å². The Kier molecular flexibility index (Phi) is 4.15. The minimum atomic E-state index is 0.739. The summed E-state index contributed by atoms with van der Waals surface area (Å²) in [7, 11) is 0. The Morgan fingerprint density at radius 3 is 2.56 bits per heavy atom. The molecule has 1 heterocycles. The van der Waals surface area contributed by atoms with Crippen molar-refractivity contribution in [3.05, 3.63) is 41.0 Å². The summed E-state index contributed by atoms with van der Waals surface area (Å²) in [5.74, 6) is 0.812. The van der Waals surface area contributed by atoms with Gasteiger partial charge in [0.25, 0.3) is 0 Å². The average Bonchev–Trinajstić information content (AvgIpc) is 2.39.